The molecule has 0 fully saturated rings. The first-order chi connectivity index (χ1) is 10.2. The molecule has 9 heteroatoms. The van der Waals surface area contributed by atoms with Gasteiger partial charge in [-0.05, 0) is 12.3 Å². The molecule has 0 amide bonds. The van der Waals surface area contributed by atoms with Gasteiger partial charge in [-0.25, -0.2) is 17.9 Å². The molecule has 8 nitrogen and oxygen atoms in total. The van der Waals surface area contributed by atoms with E-state index in [0.29, 0.717) is 25.6 Å². The topological polar surface area (TPSA) is 99.4 Å². The number of ether oxygens (including phenoxy) is 1. The summed E-state index contributed by atoms with van der Waals surface area (Å²) >= 11 is 0. The summed E-state index contributed by atoms with van der Waals surface area (Å²) in [5.74, 6) is 0.422. The van der Waals surface area contributed by atoms with Crippen molar-refractivity contribution < 1.29 is 13.2 Å². The van der Waals surface area contributed by atoms with Crippen LogP contribution in [0, 0.1) is 5.92 Å². The lowest BCUT2D eigenvalue weighted by molar-refractivity contribution is 0.108. The van der Waals surface area contributed by atoms with Gasteiger partial charge in [-0.2, -0.15) is 0 Å². The first kappa shape index (κ1) is 18.6. The summed E-state index contributed by atoms with van der Waals surface area (Å²) in [6.07, 6.45) is 1.53. The molecule has 1 heterocycles. The zero-order valence-corrected chi connectivity index (χ0v) is 14.1. The highest BCUT2D eigenvalue weighted by Gasteiger charge is 2.20. The lowest BCUT2D eigenvalue weighted by atomic mass is 10.2. The number of nitrogens with zero attached hydrogens (tertiary/aromatic N) is 2. The van der Waals surface area contributed by atoms with Gasteiger partial charge in [-0.3, -0.25) is 9.36 Å². The Bertz CT molecular complexity index is 718. The number of hydrogen-bond donors (Lipinski definition) is 1. The Kier molecular flexibility index (Phi) is 6.51. The molecule has 1 N–H and O–H groups in total. The minimum Gasteiger partial charge on any atom is -0.381 e. The third-order valence-corrected chi connectivity index (χ3v) is 4.36. The highest BCUT2D eigenvalue weighted by molar-refractivity contribution is 7.89. The molecule has 0 saturated heterocycles. The summed E-state index contributed by atoms with van der Waals surface area (Å²) in [6, 6.07) is 0. The van der Waals surface area contributed by atoms with Gasteiger partial charge in [0.15, 0.2) is 4.90 Å². The zero-order chi connectivity index (χ0) is 16.9. The summed E-state index contributed by atoms with van der Waals surface area (Å²) < 4.78 is 33.8. The van der Waals surface area contributed by atoms with Crippen molar-refractivity contribution in [2.24, 2.45) is 20.0 Å². The van der Waals surface area contributed by atoms with E-state index in [2.05, 4.69) is 4.72 Å². The monoisotopic (exact) mass is 333 g/mol. The Labute approximate surface area is 129 Å². The molecule has 0 atom stereocenters. The van der Waals surface area contributed by atoms with Gasteiger partial charge in [-0.15, -0.1) is 0 Å². The molecule has 0 saturated carbocycles. The fourth-order valence-corrected chi connectivity index (χ4v) is 2.97. The van der Waals surface area contributed by atoms with Crippen LogP contribution in [0.5, 0.6) is 0 Å². The molecular formula is C13H23N3O5S. The van der Waals surface area contributed by atoms with E-state index in [4.69, 9.17) is 4.74 Å². The molecule has 0 aliphatic carbocycles. The van der Waals surface area contributed by atoms with E-state index in [1.165, 1.54) is 14.1 Å². The molecule has 1 aromatic heterocycles. The highest BCUT2D eigenvalue weighted by atomic mass is 32.2. The summed E-state index contributed by atoms with van der Waals surface area (Å²) in [7, 11) is -1.33. The average Bonchev–Trinajstić information content (AvgIpc) is 2.43. The van der Waals surface area contributed by atoms with Crippen LogP contribution in [0.4, 0.5) is 0 Å². The minimum atomic E-state index is -3.95. The second kappa shape index (κ2) is 7.70. The molecule has 0 bridgehead atoms. The summed E-state index contributed by atoms with van der Waals surface area (Å²) in [6.45, 7) is 5.27. The van der Waals surface area contributed by atoms with Crippen LogP contribution < -0.4 is 16.0 Å². The van der Waals surface area contributed by atoms with Crippen LogP contribution in [0.15, 0.2) is 20.7 Å². The molecule has 0 spiro atoms. The van der Waals surface area contributed by atoms with E-state index in [9.17, 15) is 18.0 Å². The Balaban J connectivity index is 2.72. The number of aryl methyl sites for hydroxylation is 1. The second-order valence-electron chi connectivity index (χ2n) is 5.47. The average molecular weight is 333 g/mol. The molecule has 1 aromatic rings. The largest absolute Gasteiger partial charge is 0.381 e. The van der Waals surface area contributed by atoms with Crippen molar-refractivity contribution in [3.05, 3.63) is 27.0 Å². The third kappa shape index (κ3) is 4.79. The molecule has 0 radical (unpaired) electrons. The first-order valence-corrected chi connectivity index (χ1v) is 8.49. The number of aromatic nitrogens is 2. The highest BCUT2D eigenvalue weighted by Crippen LogP contribution is 2.00. The standard InChI is InChI=1S/C13H23N3O5S/c1-10(2)9-21-7-5-6-14-22(19,20)11-8-15(3)13(18)16(4)12(11)17/h8,10,14H,5-7,9H2,1-4H3. The molecule has 1 rings (SSSR count). The fraction of sp³-hybridized carbons (Fsp3) is 0.692. The quantitative estimate of drug-likeness (QED) is 0.642. The fourth-order valence-electron chi connectivity index (χ4n) is 1.74. The lowest BCUT2D eigenvalue weighted by Gasteiger charge is -2.10. The molecule has 0 unspecified atom stereocenters. The third-order valence-electron chi connectivity index (χ3n) is 2.91. The number of rotatable bonds is 8. The van der Waals surface area contributed by atoms with Crippen LogP contribution in [0.3, 0.4) is 0 Å². The zero-order valence-electron chi connectivity index (χ0n) is 13.3. The Morgan fingerprint density at radius 1 is 1.27 bits per heavy atom. The van der Waals surface area contributed by atoms with Gasteiger partial charge in [0.1, 0.15) is 0 Å². The number of hydrogen-bond acceptors (Lipinski definition) is 5. The van der Waals surface area contributed by atoms with Crippen molar-refractivity contribution in [3.63, 3.8) is 0 Å². The molecule has 0 aromatic carbocycles. The Morgan fingerprint density at radius 3 is 2.50 bits per heavy atom. The van der Waals surface area contributed by atoms with E-state index >= 15 is 0 Å². The number of sulfonamides is 1. The first-order valence-electron chi connectivity index (χ1n) is 7.01. The molecule has 126 valence electrons. The van der Waals surface area contributed by atoms with E-state index < -0.39 is 26.2 Å². The van der Waals surface area contributed by atoms with E-state index in [1.807, 2.05) is 13.8 Å². The van der Waals surface area contributed by atoms with Crippen molar-refractivity contribution in [2.75, 3.05) is 19.8 Å². The molecule has 0 aliphatic rings. The van der Waals surface area contributed by atoms with Crippen LogP contribution in [-0.2, 0) is 28.9 Å². The van der Waals surface area contributed by atoms with Crippen molar-refractivity contribution in [1.82, 2.24) is 13.9 Å². The van der Waals surface area contributed by atoms with Gasteiger partial charge in [0.25, 0.3) is 5.56 Å². The summed E-state index contributed by atoms with van der Waals surface area (Å²) in [5.41, 5.74) is -1.42. The number of nitrogens with one attached hydrogen (secondary N) is 1. The van der Waals surface area contributed by atoms with Crippen LogP contribution in [0.2, 0.25) is 0 Å². The SMILES string of the molecule is CC(C)COCCCNS(=O)(=O)c1cn(C)c(=O)n(C)c1=O. The van der Waals surface area contributed by atoms with E-state index in [1.54, 1.807) is 0 Å². The van der Waals surface area contributed by atoms with E-state index in [0.717, 1.165) is 15.3 Å². The van der Waals surface area contributed by atoms with Crippen LogP contribution >= 0.6 is 0 Å². The Hall–Kier alpha value is -1.45. The van der Waals surface area contributed by atoms with Crippen molar-refractivity contribution in [1.29, 1.82) is 0 Å². The lowest BCUT2D eigenvalue weighted by Crippen LogP contribution is -2.41. The van der Waals surface area contributed by atoms with Gasteiger partial charge >= 0.3 is 5.69 Å². The summed E-state index contributed by atoms with van der Waals surface area (Å²) in [5, 5.41) is 0. The molecule has 0 aliphatic heterocycles. The predicted molar refractivity (Wildman–Crippen MR) is 82.4 cm³/mol. The smallest absolute Gasteiger partial charge is 0.330 e. The molecule has 22 heavy (non-hydrogen) atoms. The summed E-state index contributed by atoms with van der Waals surface area (Å²) in [4.78, 5) is 23.0. The van der Waals surface area contributed by atoms with Crippen molar-refractivity contribution in [3.8, 4) is 0 Å². The van der Waals surface area contributed by atoms with Crippen molar-refractivity contribution in [2.45, 2.75) is 25.2 Å². The normalized spacial score (nSPS) is 12.0. The predicted octanol–water partition coefficient (Wildman–Crippen LogP) is -0.575. The van der Waals surface area contributed by atoms with E-state index in [-0.39, 0.29) is 6.54 Å². The minimum absolute atomic E-state index is 0.159. The van der Waals surface area contributed by atoms with Crippen LogP contribution in [-0.4, -0.2) is 37.3 Å². The van der Waals surface area contributed by atoms with Crippen LogP contribution in [0.25, 0.3) is 0 Å². The maximum Gasteiger partial charge on any atom is 0.330 e. The van der Waals surface area contributed by atoms with Gasteiger partial charge in [-0.1, -0.05) is 13.8 Å². The van der Waals surface area contributed by atoms with Gasteiger partial charge in [0, 0.05) is 40.1 Å². The van der Waals surface area contributed by atoms with Crippen LogP contribution in [0.1, 0.15) is 20.3 Å². The maximum atomic E-state index is 12.1. The second-order valence-corrected chi connectivity index (χ2v) is 7.21. The van der Waals surface area contributed by atoms with Crippen molar-refractivity contribution >= 4 is 10.0 Å². The van der Waals surface area contributed by atoms with Gasteiger partial charge in [0.2, 0.25) is 10.0 Å². The molecular weight excluding hydrogens is 310 g/mol. The van der Waals surface area contributed by atoms with Gasteiger partial charge in [0.05, 0.1) is 0 Å². The Morgan fingerprint density at radius 2 is 1.91 bits per heavy atom. The van der Waals surface area contributed by atoms with Gasteiger partial charge < -0.3 is 9.30 Å². The maximum absolute atomic E-state index is 12.1.